The van der Waals surface area contributed by atoms with Gasteiger partial charge in [0.05, 0.1) is 6.04 Å². The first-order chi connectivity index (χ1) is 11.0. The Bertz CT molecular complexity index is 605. The lowest BCUT2D eigenvalue weighted by Crippen LogP contribution is -2.36. The Balaban J connectivity index is 2.44. The predicted octanol–water partition coefficient (Wildman–Crippen LogP) is 4.68. The van der Waals surface area contributed by atoms with Crippen LogP contribution in [0.4, 0.5) is 0 Å². The molecular weight excluding hydrogens is 296 g/mol. The van der Waals surface area contributed by atoms with Crippen LogP contribution >= 0.6 is 0 Å². The molecule has 0 amide bonds. The number of aliphatic imine (C=N–C) groups is 1. The number of aromatic hydroxyl groups is 1. The molecule has 1 aliphatic carbocycles. The standard InChI is InChI=1S/C21H34N2O/c1-20(2,3)15-11-14(19(24)16(12-15)21(4,5)6)13-23-18-10-8-7-9-17(18)22/h11-13,17-18,24H,7-10,22H2,1-6H3/t17-,18-/m1/s1. The van der Waals surface area contributed by atoms with Crippen LogP contribution in [0.1, 0.15) is 83.9 Å². The third-order valence-corrected chi connectivity index (χ3v) is 5.00. The van der Waals surface area contributed by atoms with Crippen molar-refractivity contribution in [3.8, 4) is 5.75 Å². The molecule has 0 aliphatic heterocycles. The van der Waals surface area contributed by atoms with Gasteiger partial charge in [-0.1, -0.05) is 60.5 Å². The van der Waals surface area contributed by atoms with Gasteiger partial charge in [-0.3, -0.25) is 4.99 Å². The van der Waals surface area contributed by atoms with E-state index in [4.69, 9.17) is 10.7 Å². The van der Waals surface area contributed by atoms with Crippen molar-refractivity contribution >= 4 is 6.21 Å². The molecule has 134 valence electrons. The van der Waals surface area contributed by atoms with E-state index in [2.05, 4.69) is 53.7 Å². The molecule has 2 atom stereocenters. The number of hydrogen-bond acceptors (Lipinski definition) is 3. The van der Waals surface area contributed by atoms with Crippen molar-refractivity contribution in [2.75, 3.05) is 0 Å². The quantitative estimate of drug-likeness (QED) is 0.774. The van der Waals surface area contributed by atoms with Crippen molar-refractivity contribution in [2.45, 2.75) is 90.1 Å². The summed E-state index contributed by atoms with van der Waals surface area (Å²) in [6.45, 7) is 13.0. The van der Waals surface area contributed by atoms with Gasteiger partial charge in [0.1, 0.15) is 5.75 Å². The molecule has 0 radical (unpaired) electrons. The van der Waals surface area contributed by atoms with Gasteiger partial charge in [0, 0.05) is 23.4 Å². The van der Waals surface area contributed by atoms with Gasteiger partial charge >= 0.3 is 0 Å². The van der Waals surface area contributed by atoms with E-state index in [1.807, 2.05) is 6.21 Å². The van der Waals surface area contributed by atoms with E-state index in [9.17, 15) is 5.11 Å². The zero-order valence-electron chi connectivity index (χ0n) is 16.2. The third-order valence-electron chi connectivity index (χ3n) is 5.00. The van der Waals surface area contributed by atoms with Gasteiger partial charge in [-0.05, 0) is 35.3 Å². The SMILES string of the molecule is CC(C)(C)c1cc(C=N[C@@H]2CCCC[C@H]2N)c(O)c(C(C)(C)C)c1. The van der Waals surface area contributed by atoms with E-state index in [0.717, 1.165) is 24.0 Å². The van der Waals surface area contributed by atoms with E-state index in [1.54, 1.807) is 0 Å². The molecule has 0 aromatic heterocycles. The van der Waals surface area contributed by atoms with E-state index < -0.39 is 0 Å². The zero-order valence-corrected chi connectivity index (χ0v) is 16.2. The highest BCUT2D eigenvalue weighted by atomic mass is 16.3. The van der Waals surface area contributed by atoms with Crippen molar-refractivity contribution < 1.29 is 5.11 Å². The molecule has 3 heteroatoms. The molecule has 1 aliphatic rings. The minimum Gasteiger partial charge on any atom is -0.507 e. The second kappa shape index (κ2) is 6.87. The number of nitrogens with two attached hydrogens (primary N) is 1. The van der Waals surface area contributed by atoms with Crippen molar-refractivity contribution in [2.24, 2.45) is 10.7 Å². The van der Waals surface area contributed by atoms with Crippen LogP contribution in [-0.2, 0) is 10.8 Å². The van der Waals surface area contributed by atoms with Crippen LogP contribution in [0.5, 0.6) is 5.75 Å². The van der Waals surface area contributed by atoms with Gasteiger partial charge in [0.2, 0.25) is 0 Å². The number of nitrogens with zero attached hydrogens (tertiary/aromatic N) is 1. The average Bonchev–Trinajstić information content (AvgIpc) is 2.45. The Hall–Kier alpha value is -1.35. The fourth-order valence-electron chi connectivity index (χ4n) is 3.26. The molecule has 1 fully saturated rings. The molecule has 0 bridgehead atoms. The summed E-state index contributed by atoms with van der Waals surface area (Å²) in [5, 5.41) is 10.8. The predicted molar refractivity (Wildman–Crippen MR) is 103 cm³/mol. The number of benzene rings is 1. The molecule has 3 N–H and O–H groups in total. The minimum absolute atomic E-state index is 0.0253. The monoisotopic (exact) mass is 330 g/mol. The first-order valence-corrected chi connectivity index (χ1v) is 9.17. The summed E-state index contributed by atoms with van der Waals surface area (Å²) in [4.78, 5) is 4.73. The lowest BCUT2D eigenvalue weighted by atomic mass is 9.79. The molecule has 0 spiro atoms. The number of rotatable bonds is 2. The molecule has 0 unspecified atom stereocenters. The highest BCUT2D eigenvalue weighted by Gasteiger charge is 2.25. The summed E-state index contributed by atoms with van der Waals surface area (Å²) in [5.74, 6) is 0.351. The number of phenolic OH excluding ortho intramolecular Hbond substituents is 1. The molecule has 0 heterocycles. The maximum atomic E-state index is 10.8. The number of phenols is 1. The first kappa shape index (κ1) is 19.0. The van der Waals surface area contributed by atoms with Crippen LogP contribution < -0.4 is 5.73 Å². The van der Waals surface area contributed by atoms with Gasteiger partial charge in [-0.25, -0.2) is 0 Å². The molecule has 1 aromatic carbocycles. The zero-order chi connectivity index (χ0) is 18.1. The van der Waals surface area contributed by atoms with Gasteiger partial charge < -0.3 is 10.8 Å². The Labute approximate surface area is 147 Å². The summed E-state index contributed by atoms with van der Waals surface area (Å²) in [6.07, 6.45) is 6.32. The molecule has 0 saturated heterocycles. The van der Waals surface area contributed by atoms with E-state index in [0.29, 0.717) is 5.75 Å². The summed E-state index contributed by atoms with van der Waals surface area (Å²) >= 11 is 0. The van der Waals surface area contributed by atoms with Crippen LogP contribution in [-0.4, -0.2) is 23.4 Å². The van der Waals surface area contributed by atoms with E-state index in [1.165, 1.54) is 18.4 Å². The van der Waals surface area contributed by atoms with Crippen molar-refractivity contribution in [3.05, 3.63) is 28.8 Å². The van der Waals surface area contributed by atoms with Crippen LogP contribution in [0.25, 0.3) is 0 Å². The van der Waals surface area contributed by atoms with Gasteiger partial charge in [-0.2, -0.15) is 0 Å². The van der Waals surface area contributed by atoms with Gasteiger partial charge in [0.15, 0.2) is 0 Å². The van der Waals surface area contributed by atoms with E-state index in [-0.39, 0.29) is 22.9 Å². The fraction of sp³-hybridized carbons (Fsp3) is 0.667. The topological polar surface area (TPSA) is 58.6 Å². The molecule has 3 nitrogen and oxygen atoms in total. The molecular formula is C21H34N2O. The van der Waals surface area contributed by atoms with Crippen LogP contribution in [0.15, 0.2) is 17.1 Å². The summed E-state index contributed by atoms with van der Waals surface area (Å²) < 4.78 is 0. The summed E-state index contributed by atoms with van der Waals surface area (Å²) in [6, 6.07) is 4.53. The Morgan fingerprint density at radius 1 is 1.04 bits per heavy atom. The average molecular weight is 331 g/mol. The molecule has 1 aromatic rings. The lowest BCUT2D eigenvalue weighted by Gasteiger charge is -2.27. The third kappa shape index (κ3) is 4.38. The number of hydrogen-bond donors (Lipinski definition) is 2. The smallest absolute Gasteiger partial charge is 0.128 e. The summed E-state index contributed by atoms with van der Waals surface area (Å²) in [5.41, 5.74) is 9.12. The molecule has 2 rings (SSSR count). The Morgan fingerprint density at radius 2 is 1.67 bits per heavy atom. The van der Waals surface area contributed by atoms with Crippen molar-refractivity contribution in [1.82, 2.24) is 0 Å². The highest BCUT2D eigenvalue weighted by Crippen LogP contribution is 2.37. The van der Waals surface area contributed by atoms with Crippen LogP contribution in [0, 0.1) is 0 Å². The molecule has 24 heavy (non-hydrogen) atoms. The van der Waals surface area contributed by atoms with Crippen LogP contribution in [0.2, 0.25) is 0 Å². The summed E-state index contributed by atoms with van der Waals surface area (Å²) in [7, 11) is 0. The maximum Gasteiger partial charge on any atom is 0.128 e. The largest absolute Gasteiger partial charge is 0.507 e. The maximum absolute atomic E-state index is 10.8. The first-order valence-electron chi connectivity index (χ1n) is 9.17. The minimum atomic E-state index is -0.116. The van der Waals surface area contributed by atoms with Gasteiger partial charge in [-0.15, -0.1) is 0 Å². The normalized spacial score (nSPS) is 23.0. The van der Waals surface area contributed by atoms with Crippen molar-refractivity contribution in [1.29, 1.82) is 0 Å². The lowest BCUT2D eigenvalue weighted by molar-refractivity contribution is 0.387. The second-order valence-corrected chi connectivity index (χ2v) is 9.26. The van der Waals surface area contributed by atoms with Crippen LogP contribution in [0.3, 0.4) is 0 Å². The Morgan fingerprint density at radius 3 is 2.21 bits per heavy atom. The van der Waals surface area contributed by atoms with E-state index >= 15 is 0 Å². The Kier molecular flexibility index (Phi) is 5.44. The van der Waals surface area contributed by atoms with Gasteiger partial charge in [0.25, 0.3) is 0 Å². The highest BCUT2D eigenvalue weighted by molar-refractivity contribution is 5.85. The van der Waals surface area contributed by atoms with Crippen molar-refractivity contribution in [3.63, 3.8) is 0 Å². The molecule has 1 saturated carbocycles. The second-order valence-electron chi connectivity index (χ2n) is 9.26. The fourth-order valence-corrected chi connectivity index (χ4v) is 3.26.